The van der Waals surface area contributed by atoms with Crippen LogP contribution in [0.5, 0.6) is 0 Å². The van der Waals surface area contributed by atoms with Gasteiger partial charge < -0.3 is 4.90 Å². The summed E-state index contributed by atoms with van der Waals surface area (Å²) in [4.78, 5) is 12.8. The van der Waals surface area contributed by atoms with Crippen molar-refractivity contribution in [3.63, 3.8) is 0 Å². The van der Waals surface area contributed by atoms with Gasteiger partial charge in [-0.3, -0.25) is 4.90 Å². The van der Waals surface area contributed by atoms with Gasteiger partial charge in [0.1, 0.15) is 23.8 Å². The lowest BCUT2D eigenvalue weighted by molar-refractivity contribution is 0.139. The summed E-state index contributed by atoms with van der Waals surface area (Å²) in [6.45, 7) is 9.51. The normalized spacial score (nSPS) is 24.9. The SMILES string of the molecule is CCN1[C@H](C)CN(c2ncncc2C#N)C[C@@H]1C. The van der Waals surface area contributed by atoms with Crippen molar-refractivity contribution in [1.29, 1.82) is 5.26 Å². The number of nitriles is 1. The van der Waals surface area contributed by atoms with Gasteiger partial charge in [-0.05, 0) is 20.4 Å². The predicted molar refractivity (Wildman–Crippen MR) is 70.3 cm³/mol. The van der Waals surface area contributed by atoms with Crippen LogP contribution >= 0.6 is 0 Å². The molecule has 1 saturated heterocycles. The molecular formula is C13H19N5. The minimum atomic E-state index is 0.472. The first kappa shape index (κ1) is 12.8. The molecule has 0 aromatic carbocycles. The van der Waals surface area contributed by atoms with E-state index in [2.05, 4.69) is 46.6 Å². The second-order valence-electron chi connectivity index (χ2n) is 4.81. The van der Waals surface area contributed by atoms with E-state index in [9.17, 15) is 0 Å². The Hall–Kier alpha value is -1.67. The second kappa shape index (κ2) is 5.32. The van der Waals surface area contributed by atoms with Gasteiger partial charge in [0.25, 0.3) is 0 Å². The molecule has 0 N–H and O–H groups in total. The van der Waals surface area contributed by atoms with Gasteiger partial charge in [-0.2, -0.15) is 5.26 Å². The number of hydrogen-bond donors (Lipinski definition) is 0. The molecule has 0 radical (unpaired) electrons. The van der Waals surface area contributed by atoms with Gasteiger partial charge in [0.2, 0.25) is 0 Å². The molecule has 1 fully saturated rings. The summed E-state index contributed by atoms with van der Waals surface area (Å²) in [5.41, 5.74) is 0.557. The first-order valence-electron chi connectivity index (χ1n) is 6.38. The summed E-state index contributed by atoms with van der Waals surface area (Å²) in [5, 5.41) is 9.11. The van der Waals surface area contributed by atoms with Crippen LogP contribution in [-0.2, 0) is 0 Å². The summed E-state index contributed by atoms with van der Waals surface area (Å²) >= 11 is 0. The number of aromatic nitrogens is 2. The Kier molecular flexibility index (Phi) is 3.78. The number of nitrogens with zero attached hydrogens (tertiary/aromatic N) is 5. The lowest BCUT2D eigenvalue weighted by atomic mass is 10.1. The van der Waals surface area contributed by atoms with E-state index in [1.807, 2.05) is 0 Å². The Morgan fingerprint density at radius 2 is 2.06 bits per heavy atom. The van der Waals surface area contributed by atoms with Crippen molar-refractivity contribution in [2.45, 2.75) is 32.9 Å². The van der Waals surface area contributed by atoms with Crippen LogP contribution in [-0.4, -0.2) is 46.6 Å². The van der Waals surface area contributed by atoms with Crippen molar-refractivity contribution in [2.75, 3.05) is 24.5 Å². The van der Waals surface area contributed by atoms with E-state index < -0.39 is 0 Å². The zero-order valence-electron chi connectivity index (χ0n) is 11.2. The average molecular weight is 245 g/mol. The molecule has 0 aliphatic carbocycles. The predicted octanol–water partition coefficient (Wildman–Crippen LogP) is 1.27. The fraction of sp³-hybridized carbons (Fsp3) is 0.615. The third-order valence-corrected chi connectivity index (χ3v) is 3.58. The lowest BCUT2D eigenvalue weighted by Crippen LogP contribution is -2.56. The molecule has 0 amide bonds. The highest BCUT2D eigenvalue weighted by Crippen LogP contribution is 2.22. The summed E-state index contributed by atoms with van der Waals surface area (Å²) in [5.74, 6) is 0.766. The first-order valence-corrected chi connectivity index (χ1v) is 6.38. The fourth-order valence-electron chi connectivity index (χ4n) is 2.81. The van der Waals surface area contributed by atoms with E-state index in [0.29, 0.717) is 17.6 Å². The van der Waals surface area contributed by atoms with Crippen LogP contribution in [0.15, 0.2) is 12.5 Å². The molecule has 5 nitrogen and oxygen atoms in total. The van der Waals surface area contributed by atoms with Gasteiger partial charge in [-0.25, -0.2) is 9.97 Å². The minimum Gasteiger partial charge on any atom is -0.352 e. The molecule has 1 aliphatic heterocycles. The third kappa shape index (κ3) is 2.29. The molecule has 0 unspecified atom stereocenters. The van der Waals surface area contributed by atoms with Crippen LogP contribution in [0.3, 0.4) is 0 Å². The topological polar surface area (TPSA) is 56.1 Å². The van der Waals surface area contributed by atoms with E-state index >= 15 is 0 Å². The Balaban J connectivity index is 2.23. The van der Waals surface area contributed by atoms with Crippen LogP contribution in [0.4, 0.5) is 5.82 Å². The van der Waals surface area contributed by atoms with Crippen molar-refractivity contribution in [3.05, 3.63) is 18.1 Å². The van der Waals surface area contributed by atoms with E-state index in [0.717, 1.165) is 25.5 Å². The summed E-state index contributed by atoms with van der Waals surface area (Å²) in [7, 11) is 0. The first-order chi connectivity index (χ1) is 8.67. The van der Waals surface area contributed by atoms with Gasteiger partial charge in [0.05, 0.1) is 6.20 Å². The summed E-state index contributed by atoms with van der Waals surface area (Å²) in [6, 6.07) is 3.11. The fourth-order valence-corrected chi connectivity index (χ4v) is 2.81. The Labute approximate surface area is 108 Å². The van der Waals surface area contributed by atoms with E-state index in [4.69, 9.17) is 5.26 Å². The molecule has 5 heteroatoms. The molecule has 1 aliphatic rings. The van der Waals surface area contributed by atoms with Crippen molar-refractivity contribution >= 4 is 5.82 Å². The number of hydrogen-bond acceptors (Lipinski definition) is 5. The van der Waals surface area contributed by atoms with Crippen LogP contribution < -0.4 is 4.90 Å². The van der Waals surface area contributed by atoms with Gasteiger partial charge >= 0.3 is 0 Å². The molecule has 2 rings (SSSR count). The standard InChI is InChI=1S/C13H19N5/c1-4-18-10(2)7-17(8-11(18)3)13-12(5-14)6-15-9-16-13/h6,9-11H,4,7-8H2,1-3H3/t10-,11+. The minimum absolute atomic E-state index is 0.472. The highest BCUT2D eigenvalue weighted by atomic mass is 15.3. The highest BCUT2D eigenvalue weighted by molar-refractivity contribution is 5.52. The van der Waals surface area contributed by atoms with Crippen LogP contribution in [0, 0.1) is 11.3 Å². The van der Waals surface area contributed by atoms with Crippen LogP contribution in [0.25, 0.3) is 0 Å². The summed E-state index contributed by atoms with van der Waals surface area (Å²) in [6.07, 6.45) is 3.10. The highest BCUT2D eigenvalue weighted by Gasteiger charge is 2.29. The van der Waals surface area contributed by atoms with Gasteiger partial charge in [0.15, 0.2) is 0 Å². The molecule has 0 bridgehead atoms. The average Bonchev–Trinajstić information content (AvgIpc) is 2.38. The number of anilines is 1. The van der Waals surface area contributed by atoms with Crippen LogP contribution in [0.1, 0.15) is 26.3 Å². The molecule has 0 saturated carbocycles. The van der Waals surface area contributed by atoms with Gasteiger partial charge in [-0.1, -0.05) is 6.92 Å². The second-order valence-corrected chi connectivity index (χ2v) is 4.81. The molecule has 2 atom stereocenters. The van der Waals surface area contributed by atoms with Gasteiger partial charge in [-0.15, -0.1) is 0 Å². The van der Waals surface area contributed by atoms with Crippen LogP contribution in [0.2, 0.25) is 0 Å². The number of likely N-dealkylation sites (N-methyl/N-ethyl adjacent to an activating group) is 1. The maximum Gasteiger partial charge on any atom is 0.150 e. The molecule has 1 aromatic heterocycles. The quantitative estimate of drug-likeness (QED) is 0.785. The number of rotatable bonds is 2. The lowest BCUT2D eigenvalue weighted by Gasteiger charge is -2.44. The number of piperazine rings is 1. The van der Waals surface area contributed by atoms with Gasteiger partial charge in [0, 0.05) is 25.2 Å². The molecule has 96 valence electrons. The van der Waals surface area contributed by atoms with Crippen molar-refractivity contribution in [3.8, 4) is 6.07 Å². The molecule has 2 heterocycles. The molecule has 1 aromatic rings. The van der Waals surface area contributed by atoms with Crippen molar-refractivity contribution in [1.82, 2.24) is 14.9 Å². The zero-order chi connectivity index (χ0) is 13.1. The molecule has 18 heavy (non-hydrogen) atoms. The molecule has 0 spiro atoms. The largest absolute Gasteiger partial charge is 0.352 e. The smallest absolute Gasteiger partial charge is 0.150 e. The third-order valence-electron chi connectivity index (χ3n) is 3.58. The maximum atomic E-state index is 9.11. The Bertz CT molecular complexity index is 441. The zero-order valence-corrected chi connectivity index (χ0v) is 11.2. The Morgan fingerprint density at radius 3 is 2.61 bits per heavy atom. The Morgan fingerprint density at radius 1 is 1.39 bits per heavy atom. The van der Waals surface area contributed by atoms with Crippen molar-refractivity contribution < 1.29 is 0 Å². The van der Waals surface area contributed by atoms with E-state index in [-0.39, 0.29) is 0 Å². The van der Waals surface area contributed by atoms with E-state index in [1.54, 1.807) is 6.20 Å². The molecular weight excluding hydrogens is 226 g/mol. The van der Waals surface area contributed by atoms with E-state index in [1.165, 1.54) is 6.33 Å². The monoisotopic (exact) mass is 245 g/mol. The van der Waals surface area contributed by atoms with Crippen molar-refractivity contribution in [2.24, 2.45) is 0 Å². The summed E-state index contributed by atoms with van der Waals surface area (Å²) < 4.78 is 0. The maximum absolute atomic E-state index is 9.11.